The first-order chi connectivity index (χ1) is 14.4. The van der Waals surface area contributed by atoms with E-state index in [1.165, 1.54) is 33.5 Å². The van der Waals surface area contributed by atoms with Crippen molar-refractivity contribution in [3.63, 3.8) is 0 Å². The van der Waals surface area contributed by atoms with Crippen LogP contribution in [0.5, 0.6) is 5.75 Å². The number of hydrogen-bond acceptors (Lipinski definition) is 2. The van der Waals surface area contributed by atoms with Gasteiger partial charge in [-0.05, 0) is 48.9 Å². The van der Waals surface area contributed by atoms with Crippen molar-refractivity contribution in [3.8, 4) is 5.75 Å². The van der Waals surface area contributed by atoms with E-state index < -0.39 is 0 Å². The van der Waals surface area contributed by atoms with Gasteiger partial charge in [-0.3, -0.25) is 4.98 Å². The van der Waals surface area contributed by atoms with E-state index in [-0.39, 0.29) is 12.4 Å². The lowest BCUT2D eigenvalue weighted by atomic mass is 10.0. The van der Waals surface area contributed by atoms with Gasteiger partial charge in [-0.1, -0.05) is 67.9 Å². The zero-order valence-corrected chi connectivity index (χ0v) is 19.8. The summed E-state index contributed by atoms with van der Waals surface area (Å²) in [5, 5.41) is 0. The molecule has 2 aromatic heterocycles. The van der Waals surface area contributed by atoms with E-state index in [0.717, 1.165) is 23.3 Å². The van der Waals surface area contributed by atoms with Gasteiger partial charge in [-0.25, -0.2) is 0 Å². The molecule has 4 heteroatoms. The average molecular weight is 435 g/mol. The highest BCUT2D eigenvalue weighted by atomic mass is 35.5. The lowest BCUT2D eigenvalue weighted by molar-refractivity contribution is 0.308. The van der Waals surface area contributed by atoms with E-state index in [9.17, 15) is 0 Å². The fraction of sp³-hybridized carbons (Fsp3) is 0.296. The second-order valence-electron chi connectivity index (χ2n) is 8.48. The van der Waals surface area contributed by atoms with E-state index in [4.69, 9.17) is 4.74 Å². The summed E-state index contributed by atoms with van der Waals surface area (Å²) in [6, 6.07) is 19.4. The van der Waals surface area contributed by atoms with Crippen molar-refractivity contribution in [2.24, 2.45) is 0 Å². The van der Waals surface area contributed by atoms with Gasteiger partial charge in [-0.15, -0.1) is 12.4 Å². The van der Waals surface area contributed by atoms with Crippen molar-refractivity contribution in [2.45, 2.75) is 53.7 Å². The van der Waals surface area contributed by atoms with Crippen LogP contribution < -0.4 is 4.74 Å². The van der Waals surface area contributed by atoms with Crippen molar-refractivity contribution >= 4 is 23.4 Å². The smallest absolute Gasteiger partial charge is 0.147 e. The van der Waals surface area contributed by atoms with Gasteiger partial charge in [0.1, 0.15) is 17.9 Å². The molecule has 3 nitrogen and oxygen atoms in total. The minimum Gasteiger partial charge on any atom is -0.487 e. The molecule has 0 saturated carbocycles. The molecule has 4 rings (SSSR count). The molecule has 0 fully saturated rings. The van der Waals surface area contributed by atoms with E-state index >= 15 is 0 Å². The van der Waals surface area contributed by atoms with E-state index in [2.05, 4.69) is 92.7 Å². The van der Waals surface area contributed by atoms with Crippen LogP contribution in [0, 0.1) is 20.8 Å². The number of aromatic nitrogens is 2. The van der Waals surface area contributed by atoms with Crippen molar-refractivity contribution < 1.29 is 4.74 Å². The predicted molar refractivity (Wildman–Crippen MR) is 132 cm³/mol. The van der Waals surface area contributed by atoms with Crippen molar-refractivity contribution in [1.82, 2.24) is 9.55 Å². The second-order valence-corrected chi connectivity index (χ2v) is 8.48. The number of halogens is 1. The molecule has 0 N–H and O–H groups in total. The van der Waals surface area contributed by atoms with Crippen LogP contribution in [0.3, 0.4) is 0 Å². The Bertz CT molecular complexity index is 1180. The van der Waals surface area contributed by atoms with Gasteiger partial charge in [0.2, 0.25) is 0 Å². The van der Waals surface area contributed by atoms with Crippen LogP contribution in [0.25, 0.3) is 11.0 Å². The highest BCUT2D eigenvalue weighted by Gasteiger charge is 2.17. The predicted octanol–water partition coefficient (Wildman–Crippen LogP) is 7.13. The summed E-state index contributed by atoms with van der Waals surface area (Å²) in [6.07, 6.45) is 1.85. The molecule has 31 heavy (non-hydrogen) atoms. The summed E-state index contributed by atoms with van der Waals surface area (Å²) in [5.74, 6) is 1.42. The Morgan fingerprint density at radius 1 is 0.935 bits per heavy atom. The molecule has 0 aliphatic heterocycles. The normalized spacial score (nSPS) is 11.0. The standard InChI is InChI=1S/C27H30N2O.ClH/c1-18(2)24-11-9-22(10-12-24)17-30-25-13-14-28-26-20(4)21(5)29(27(25)26)16-23-8-6-7-19(3)15-23;/h6-15,18H,16-17H2,1-5H3;1H. The Hall–Kier alpha value is -2.78. The van der Waals surface area contributed by atoms with Crippen LogP contribution in [-0.4, -0.2) is 9.55 Å². The average Bonchev–Trinajstić information content (AvgIpc) is 2.98. The third-order valence-corrected chi connectivity index (χ3v) is 5.92. The van der Waals surface area contributed by atoms with Crippen LogP contribution in [0.1, 0.15) is 53.3 Å². The fourth-order valence-corrected chi connectivity index (χ4v) is 3.98. The second kappa shape index (κ2) is 9.57. The van der Waals surface area contributed by atoms with Crippen LogP contribution in [0.15, 0.2) is 60.8 Å². The van der Waals surface area contributed by atoms with E-state index in [1.807, 2.05) is 12.3 Å². The van der Waals surface area contributed by atoms with Gasteiger partial charge in [0.25, 0.3) is 0 Å². The van der Waals surface area contributed by atoms with Crippen LogP contribution in [-0.2, 0) is 13.2 Å². The number of aryl methyl sites for hydroxylation is 2. The molecule has 2 aromatic carbocycles. The summed E-state index contributed by atoms with van der Waals surface area (Å²) in [5.41, 5.74) is 9.63. The molecule has 0 unspecified atom stereocenters. The van der Waals surface area contributed by atoms with Gasteiger partial charge in [-0.2, -0.15) is 0 Å². The molecule has 0 aliphatic rings. The number of fused-ring (bicyclic) bond motifs is 1. The number of ether oxygens (including phenoxy) is 1. The largest absolute Gasteiger partial charge is 0.487 e. The van der Waals surface area contributed by atoms with Crippen molar-refractivity contribution in [3.05, 3.63) is 94.3 Å². The zero-order valence-electron chi connectivity index (χ0n) is 19.0. The number of pyridine rings is 1. The molecule has 0 radical (unpaired) electrons. The molecule has 0 aliphatic carbocycles. The molecule has 0 saturated heterocycles. The number of rotatable bonds is 6. The molecule has 0 amide bonds. The highest BCUT2D eigenvalue weighted by Crippen LogP contribution is 2.32. The molecular weight excluding hydrogens is 404 g/mol. The summed E-state index contributed by atoms with van der Waals surface area (Å²) in [6.45, 7) is 12.2. The third kappa shape index (κ3) is 4.77. The molecule has 162 valence electrons. The number of benzene rings is 2. The Labute approximate surface area is 191 Å². The lowest BCUT2D eigenvalue weighted by Crippen LogP contribution is -2.04. The van der Waals surface area contributed by atoms with E-state index in [0.29, 0.717) is 12.5 Å². The Balaban J connectivity index is 0.00000272. The molecule has 0 spiro atoms. The number of nitrogens with zero attached hydrogens (tertiary/aromatic N) is 2. The summed E-state index contributed by atoms with van der Waals surface area (Å²) in [7, 11) is 0. The zero-order chi connectivity index (χ0) is 21.3. The maximum Gasteiger partial charge on any atom is 0.147 e. The van der Waals surface area contributed by atoms with Gasteiger partial charge in [0.05, 0.1) is 5.52 Å². The minimum atomic E-state index is 0. The minimum absolute atomic E-state index is 0. The van der Waals surface area contributed by atoms with Crippen molar-refractivity contribution in [2.75, 3.05) is 0 Å². The molecule has 4 aromatic rings. The summed E-state index contributed by atoms with van der Waals surface area (Å²) in [4.78, 5) is 4.67. The first-order valence-corrected chi connectivity index (χ1v) is 10.7. The first kappa shape index (κ1) is 22.9. The van der Waals surface area contributed by atoms with Crippen molar-refractivity contribution in [1.29, 1.82) is 0 Å². The molecule has 0 atom stereocenters. The van der Waals surface area contributed by atoms with Crippen LogP contribution >= 0.6 is 12.4 Å². The van der Waals surface area contributed by atoms with Crippen LogP contribution in [0.4, 0.5) is 0 Å². The maximum atomic E-state index is 6.32. The molecule has 2 heterocycles. The fourth-order valence-electron chi connectivity index (χ4n) is 3.98. The Morgan fingerprint density at radius 2 is 1.68 bits per heavy atom. The Kier molecular flexibility index (Phi) is 7.07. The first-order valence-electron chi connectivity index (χ1n) is 10.7. The van der Waals surface area contributed by atoms with Gasteiger partial charge in [0.15, 0.2) is 0 Å². The maximum absolute atomic E-state index is 6.32. The monoisotopic (exact) mass is 434 g/mol. The summed E-state index contributed by atoms with van der Waals surface area (Å²) < 4.78 is 8.65. The van der Waals surface area contributed by atoms with Crippen LogP contribution in [0.2, 0.25) is 0 Å². The highest BCUT2D eigenvalue weighted by molar-refractivity contribution is 5.86. The molecule has 0 bridgehead atoms. The topological polar surface area (TPSA) is 27.1 Å². The van der Waals surface area contributed by atoms with E-state index in [1.54, 1.807) is 0 Å². The van der Waals surface area contributed by atoms with Gasteiger partial charge in [0, 0.05) is 24.5 Å². The Morgan fingerprint density at radius 3 is 2.35 bits per heavy atom. The SMILES string of the molecule is Cc1cccc(Cn2c(C)c(C)c3nccc(OCc4ccc(C(C)C)cc4)c32)c1.Cl. The number of hydrogen-bond donors (Lipinski definition) is 0. The van der Waals surface area contributed by atoms with Gasteiger partial charge < -0.3 is 9.30 Å². The third-order valence-electron chi connectivity index (χ3n) is 5.92. The summed E-state index contributed by atoms with van der Waals surface area (Å²) >= 11 is 0. The van der Waals surface area contributed by atoms with Gasteiger partial charge >= 0.3 is 0 Å². The lowest BCUT2D eigenvalue weighted by Gasteiger charge is -2.13. The molecular formula is C27H31ClN2O. The quantitative estimate of drug-likeness (QED) is 0.322.